The molecular formula is C9H9N3. The lowest BCUT2D eigenvalue weighted by molar-refractivity contribution is 1.23. The molecule has 3 heteroatoms. The summed E-state index contributed by atoms with van der Waals surface area (Å²) in [4.78, 5) is 8.16. The maximum absolute atomic E-state index is 5.59. The molecule has 0 saturated heterocycles. The zero-order chi connectivity index (χ0) is 8.55. The van der Waals surface area contributed by atoms with Crippen molar-refractivity contribution in [3.8, 4) is 0 Å². The predicted molar refractivity (Wildman–Crippen MR) is 48.7 cm³/mol. The summed E-state index contributed by atoms with van der Waals surface area (Å²) < 4.78 is 0. The van der Waals surface area contributed by atoms with Crippen LogP contribution in [-0.4, -0.2) is 9.97 Å². The average Bonchev–Trinajstić information content (AvgIpc) is 2.04. The molecule has 2 aromatic rings. The third-order valence-electron chi connectivity index (χ3n) is 1.84. The number of nitrogens with two attached hydrogens (primary N) is 1. The van der Waals surface area contributed by atoms with E-state index in [9.17, 15) is 0 Å². The fraction of sp³-hybridized carbons (Fsp3) is 0.111. The van der Waals surface area contributed by atoms with Crippen molar-refractivity contribution in [1.29, 1.82) is 0 Å². The molecule has 0 fully saturated rings. The van der Waals surface area contributed by atoms with Crippen LogP contribution in [0.4, 0.5) is 5.82 Å². The molecule has 0 atom stereocenters. The maximum Gasteiger partial charge on any atom is 0.124 e. The molecule has 2 aromatic heterocycles. The topological polar surface area (TPSA) is 51.8 Å². The van der Waals surface area contributed by atoms with Crippen LogP contribution in [0.5, 0.6) is 0 Å². The summed E-state index contributed by atoms with van der Waals surface area (Å²) in [5, 5.41) is 2.15. The first-order valence-corrected chi connectivity index (χ1v) is 3.74. The molecule has 0 aliphatic rings. The van der Waals surface area contributed by atoms with Crippen LogP contribution in [0.25, 0.3) is 10.8 Å². The summed E-state index contributed by atoms with van der Waals surface area (Å²) in [5.41, 5.74) is 6.54. The third kappa shape index (κ3) is 0.993. The van der Waals surface area contributed by atoms with Crippen LogP contribution in [-0.2, 0) is 0 Å². The molecule has 0 spiro atoms. The van der Waals surface area contributed by atoms with Gasteiger partial charge in [-0.1, -0.05) is 0 Å². The van der Waals surface area contributed by atoms with Crippen molar-refractivity contribution in [2.75, 3.05) is 5.73 Å². The van der Waals surface area contributed by atoms with E-state index in [2.05, 4.69) is 9.97 Å². The van der Waals surface area contributed by atoms with E-state index in [4.69, 9.17) is 5.73 Å². The minimum absolute atomic E-state index is 0.549. The Kier molecular flexibility index (Phi) is 1.43. The van der Waals surface area contributed by atoms with Crippen LogP contribution in [0.1, 0.15) is 5.69 Å². The Morgan fingerprint density at radius 2 is 2.25 bits per heavy atom. The number of nitrogen functional groups attached to an aromatic ring is 1. The molecule has 0 aliphatic carbocycles. The second kappa shape index (κ2) is 2.44. The molecular weight excluding hydrogens is 150 g/mol. The van der Waals surface area contributed by atoms with Crippen LogP contribution >= 0.6 is 0 Å². The summed E-state index contributed by atoms with van der Waals surface area (Å²) in [6.07, 6.45) is 3.55. The Labute approximate surface area is 70.3 Å². The number of pyridine rings is 2. The highest BCUT2D eigenvalue weighted by Crippen LogP contribution is 2.16. The zero-order valence-corrected chi connectivity index (χ0v) is 6.78. The first kappa shape index (κ1) is 7.03. The Morgan fingerprint density at radius 1 is 1.42 bits per heavy atom. The molecule has 0 saturated carbocycles. The van der Waals surface area contributed by atoms with Gasteiger partial charge in [0.05, 0.1) is 0 Å². The van der Waals surface area contributed by atoms with Gasteiger partial charge in [-0.3, -0.25) is 4.98 Å². The van der Waals surface area contributed by atoms with Gasteiger partial charge in [-0.05, 0) is 19.1 Å². The van der Waals surface area contributed by atoms with Gasteiger partial charge < -0.3 is 5.73 Å². The van der Waals surface area contributed by atoms with Crippen LogP contribution in [0.2, 0.25) is 0 Å². The van der Waals surface area contributed by atoms with E-state index in [1.54, 1.807) is 12.4 Å². The lowest BCUT2D eigenvalue weighted by Crippen LogP contribution is -1.93. The van der Waals surface area contributed by atoms with Gasteiger partial charge in [0, 0.05) is 28.9 Å². The van der Waals surface area contributed by atoms with Gasteiger partial charge >= 0.3 is 0 Å². The van der Waals surface area contributed by atoms with Crippen LogP contribution in [0.15, 0.2) is 24.5 Å². The van der Waals surface area contributed by atoms with Crippen LogP contribution in [0, 0.1) is 6.92 Å². The third-order valence-corrected chi connectivity index (χ3v) is 1.84. The average molecular weight is 159 g/mol. The van der Waals surface area contributed by atoms with E-state index in [1.165, 1.54) is 0 Å². The zero-order valence-electron chi connectivity index (χ0n) is 6.78. The molecule has 0 aliphatic heterocycles. The van der Waals surface area contributed by atoms with Gasteiger partial charge in [0.25, 0.3) is 0 Å². The molecule has 2 rings (SSSR count). The number of rotatable bonds is 0. The molecule has 2 N–H and O–H groups in total. The van der Waals surface area contributed by atoms with Gasteiger partial charge in [-0.15, -0.1) is 0 Å². The molecule has 60 valence electrons. The first-order valence-electron chi connectivity index (χ1n) is 3.74. The second-order valence-corrected chi connectivity index (χ2v) is 2.73. The van der Waals surface area contributed by atoms with E-state index >= 15 is 0 Å². The van der Waals surface area contributed by atoms with Crippen molar-refractivity contribution in [2.24, 2.45) is 0 Å². The second-order valence-electron chi connectivity index (χ2n) is 2.73. The van der Waals surface area contributed by atoms with Crippen molar-refractivity contribution in [3.05, 3.63) is 30.2 Å². The molecule has 0 bridgehead atoms. The van der Waals surface area contributed by atoms with Gasteiger partial charge in [-0.25, -0.2) is 4.98 Å². The number of nitrogens with zero attached hydrogens (tertiary/aromatic N) is 2. The molecule has 0 radical (unpaired) electrons. The monoisotopic (exact) mass is 159 g/mol. The van der Waals surface area contributed by atoms with E-state index in [0.717, 1.165) is 16.5 Å². The van der Waals surface area contributed by atoms with E-state index in [-0.39, 0.29) is 0 Å². The van der Waals surface area contributed by atoms with E-state index in [1.807, 2.05) is 19.1 Å². The number of aryl methyl sites for hydroxylation is 1. The van der Waals surface area contributed by atoms with Crippen LogP contribution < -0.4 is 5.73 Å². The van der Waals surface area contributed by atoms with Crippen molar-refractivity contribution in [3.63, 3.8) is 0 Å². The van der Waals surface area contributed by atoms with Crippen molar-refractivity contribution < 1.29 is 0 Å². The Morgan fingerprint density at radius 3 is 3.08 bits per heavy atom. The van der Waals surface area contributed by atoms with Gasteiger partial charge in [0.15, 0.2) is 0 Å². The number of fused-ring (bicyclic) bond motifs is 1. The summed E-state index contributed by atoms with van der Waals surface area (Å²) in [5.74, 6) is 0.549. The highest BCUT2D eigenvalue weighted by atomic mass is 14.8. The lowest BCUT2D eigenvalue weighted by atomic mass is 10.2. The highest BCUT2D eigenvalue weighted by molar-refractivity contribution is 5.85. The van der Waals surface area contributed by atoms with Crippen molar-refractivity contribution in [1.82, 2.24) is 9.97 Å². The van der Waals surface area contributed by atoms with Gasteiger partial charge in [0.2, 0.25) is 0 Å². The largest absolute Gasteiger partial charge is 0.384 e. The SMILES string of the molecule is Cc1nc(N)cc2cnccc12. The predicted octanol–water partition coefficient (Wildman–Crippen LogP) is 1.52. The molecule has 3 nitrogen and oxygen atoms in total. The molecule has 2 heterocycles. The smallest absolute Gasteiger partial charge is 0.124 e. The number of aromatic nitrogens is 2. The first-order chi connectivity index (χ1) is 5.77. The highest BCUT2D eigenvalue weighted by Gasteiger charge is 1.98. The summed E-state index contributed by atoms with van der Waals surface area (Å²) in [6, 6.07) is 3.77. The number of hydrogen-bond donors (Lipinski definition) is 1. The Hall–Kier alpha value is -1.64. The van der Waals surface area contributed by atoms with Gasteiger partial charge in [-0.2, -0.15) is 0 Å². The minimum Gasteiger partial charge on any atom is -0.384 e. The Balaban J connectivity index is 2.89. The van der Waals surface area contributed by atoms with E-state index in [0.29, 0.717) is 5.82 Å². The summed E-state index contributed by atoms with van der Waals surface area (Å²) in [6.45, 7) is 1.94. The minimum atomic E-state index is 0.549. The molecule has 0 unspecified atom stereocenters. The maximum atomic E-state index is 5.59. The quantitative estimate of drug-likeness (QED) is 0.634. The van der Waals surface area contributed by atoms with Crippen molar-refractivity contribution in [2.45, 2.75) is 6.92 Å². The van der Waals surface area contributed by atoms with E-state index < -0.39 is 0 Å². The lowest BCUT2D eigenvalue weighted by Gasteiger charge is -2.01. The normalized spacial score (nSPS) is 10.4. The van der Waals surface area contributed by atoms with Crippen molar-refractivity contribution >= 4 is 16.6 Å². The fourth-order valence-electron chi connectivity index (χ4n) is 1.30. The standard InChI is InChI=1S/C9H9N3/c1-6-8-2-3-11-5-7(8)4-9(10)12-6/h2-5H,1H3,(H2,10,12). The van der Waals surface area contributed by atoms with Crippen LogP contribution in [0.3, 0.4) is 0 Å². The number of hydrogen-bond acceptors (Lipinski definition) is 3. The molecule has 0 amide bonds. The summed E-state index contributed by atoms with van der Waals surface area (Å²) in [7, 11) is 0. The van der Waals surface area contributed by atoms with Gasteiger partial charge in [0.1, 0.15) is 5.82 Å². The fourth-order valence-corrected chi connectivity index (χ4v) is 1.30. The number of anilines is 1. The Bertz CT molecular complexity index is 423. The molecule has 0 aromatic carbocycles. The molecule has 12 heavy (non-hydrogen) atoms. The summed E-state index contributed by atoms with van der Waals surface area (Å²) >= 11 is 0.